The second-order valence-corrected chi connectivity index (χ2v) is 3.07. The van der Waals surface area contributed by atoms with Crippen LogP contribution in [0.3, 0.4) is 0 Å². The summed E-state index contributed by atoms with van der Waals surface area (Å²) in [7, 11) is 0. The first-order chi connectivity index (χ1) is 5.39. The van der Waals surface area contributed by atoms with Crippen LogP contribution in [0, 0.1) is 6.92 Å². The van der Waals surface area contributed by atoms with Gasteiger partial charge in [-0.1, -0.05) is 29.3 Å². The standard InChI is InChI=1S/C7H6BClF3.K/c1-5-2-6(8(10,11)12)4-7(9)3-5;/h2-4H,1H3;/q-1;+1. The van der Waals surface area contributed by atoms with Crippen molar-refractivity contribution in [2.24, 2.45) is 0 Å². The van der Waals surface area contributed by atoms with Crippen LogP contribution < -0.4 is 56.8 Å². The van der Waals surface area contributed by atoms with Gasteiger partial charge >= 0.3 is 58.4 Å². The summed E-state index contributed by atoms with van der Waals surface area (Å²) in [6.45, 7) is -3.35. The van der Waals surface area contributed by atoms with Crippen molar-refractivity contribution in [2.45, 2.75) is 6.92 Å². The molecule has 0 amide bonds. The summed E-state index contributed by atoms with van der Waals surface area (Å²) in [5.74, 6) is 0. The number of benzene rings is 1. The summed E-state index contributed by atoms with van der Waals surface area (Å²) in [6, 6.07) is 3.52. The second kappa shape index (κ2) is 5.19. The van der Waals surface area contributed by atoms with E-state index in [-0.39, 0.29) is 56.4 Å². The van der Waals surface area contributed by atoms with Crippen molar-refractivity contribution in [3.63, 3.8) is 0 Å². The Morgan fingerprint density at radius 3 is 2.08 bits per heavy atom. The summed E-state index contributed by atoms with van der Waals surface area (Å²) < 4.78 is 36.5. The van der Waals surface area contributed by atoms with E-state index in [1.807, 2.05) is 0 Å². The van der Waals surface area contributed by atoms with Gasteiger partial charge in [-0.15, -0.1) is 5.46 Å². The van der Waals surface area contributed by atoms with Crippen LogP contribution in [0.1, 0.15) is 5.56 Å². The van der Waals surface area contributed by atoms with Gasteiger partial charge < -0.3 is 12.9 Å². The number of rotatable bonds is 1. The van der Waals surface area contributed by atoms with Crippen molar-refractivity contribution in [3.05, 3.63) is 28.8 Å². The van der Waals surface area contributed by atoms with Crippen molar-refractivity contribution < 1.29 is 64.3 Å². The third kappa shape index (κ3) is 4.36. The molecule has 0 fully saturated rings. The number of halogens is 4. The fraction of sp³-hybridized carbons (Fsp3) is 0.143. The third-order valence-corrected chi connectivity index (χ3v) is 1.66. The molecule has 0 spiro atoms. The Labute approximate surface area is 122 Å². The van der Waals surface area contributed by atoms with Crippen molar-refractivity contribution >= 4 is 24.0 Å². The van der Waals surface area contributed by atoms with Gasteiger partial charge in [-0.3, -0.25) is 0 Å². The van der Waals surface area contributed by atoms with Gasteiger partial charge in [0, 0.05) is 5.02 Å². The van der Waals surface area contributed by atoms with Gasteiger partial charge in [-0.2, -0.15) is 0 Å². The fourth-order valence-electron chi connectivity index (χ4n) is 0.954. The molecular formula is C7H6BClF3K. The molecule has 6 heteroatoms. The zero-order chi connectivity index (χ0) is 9.35. The molecule has 0 unspecified atom stereocenters. The van der Waals surface area contributed by atoms with E-state index < -0.39 is 12.4 Å². The Kier molecular flexibility index (Phi) is 5.59. The van der Waals surface area contributed by atoms with Crippen LogP contribution >= 0.6 is 11.6 Å². The average Bonchev–Trinajstić information content (AvgIpc) is 1.82. The molecule has 0 aliphatic rings. The minimum atomic E-state index is -4.93. The van der Waals surface area contributed by atoms with Gasteiger partial charge in [0.25, 0.3) is 0 Å². The van der Waals surface area contributed by atoms with Crippen molar-refractivity contribution in [2.75, 3.05) is 0 Å². The summed E-state index contributed by atoms with van der Waals surface area (Å²) in [5, 5.41) is 0.129. The Hall–Kier alpha value is 1.00. The van der Waals surface area contributed by atoms with Gasteiger partial charge in [0.1, 0.15) is 0 Å². The molecule has 0 nitrogen and oxygen atoms in total. The van der Waals surface area contributed by atoms with E-state index in [2.05, 4.69) is 0 Å². The van der Waals surface area contributed by atoms with Crippen LogP contribution in [0.4, 0.5) is 12.9 Å². The fourth-order valence-corrected chi connectivity index (χ4v) is 1.25. The van der Waals surface area contributed by atoms with Crippen molar-refractivity contribution in [3.8, 4) is 0 Å². The predicted octanol–water partition coefficient (Wildman–Crippen LogP) is -0.293. The van der Waals surface area contributed by atoms with Crippen LogP contribution in [0.25, 0.3) is 0 Å². The van der Waals surface area contributed by atoms with E-state index in [0.717, 1.165) is 12.1 Å². The average molecular weight is 232 g/mol. The van der Waals surface area contributed by atoms with Crippen LogP contribution in [-0.4, -0.2) is 6.98 Å². The summed E-state index contributed by atoms with van der Waals surface area (Å²) in [4.78, 5) is 0. The van der Waals surface area contributed by atoms with E-state index >= 15 is 0 Å². The van der Waals surface area contributed by atoms with Gasteiger partial charge in [-0.05, 0) is 13.0 Å². The molecule has 0 bridgehead atoms. The molecular weight excluding hydrogens is 226 g/mol. The van der Waals surface area contributed by atoms with Crippen LogP contribution in [0.15, 0.2) is 18.2 Å². The number of hydrogen-bond donors (Lipinski definition) is 0. The molecule has 1 rings (SSSR count). The zero-order valence-corrected chi connectivity index (χ0v) is 11.2. The minimum Gasteiger partial charge on any atom is -0.445 e. The maximum absolute atomic E-state index is 12.2. The molecule has 0 saturated heterocycles. The third-order valence-electron chi connectivity index (χ3n) is 1.44. The van der Waals surface area contributed by atoms with Crippen LogP contribution in [0.2, 0.25) is 5.02 Å². The predicted molar refractivity (Wildman–Crippen MR) is 44.9 cm³/mol. The minimum absolute atomic E-state index is 0. The molecule has 0 N–H and O–H groups in total. The first kappa shape index (κ1) is 14.0. The maximum Gasteiger partial charge on any atom is 1.00 e. The Bertz CT molecular complexity index is 280. The Morgan fingerprint density at radius 2 is 1.69 bits per heavy atom. The van der Waals surface area contributed by atoms with E-state index in [9.17, 15) is 12.9 Å². The second-order valence-electron chi connectivity index (χ2n) is 2.64. The van der Waals surface area contributed by atoms with E-state index in [1.54, 1.807) is 6.92 Å². The van der Waals surface area contributed by atoms with E-state index in [1.165, 1.54) is 6.07 Å². The quantitative estimate of drug-likeness (QED) is 0.584. The Morgan fingerprint density at radius 1 is 1.15 bits per heavy atom. The molecule has 66 valence electrons. The molecule has 0 aliphatic carbocycles. The van der Waals surface area contributed by atoms with Crippen molar-refractivity contribution in [1.82, 2.24) is 0 Å². The molecule has 13 heavy (non-hydrogen) atoms. The molecule has 0 heterocycles. The molecule has 1 aromatic rings. The van der Waals surface area contributed by atoms with Crippen LogP contribution in [-0.2, 0) is 0 Å². The first-order valence-electron chi connectivity index (χ1n) is 3.36. The molecule has 0 saturated carbocycles. The number of aryl methyl sites for hydroxylation is 1. The van der Waals surface area contributed by atoms with E-state index in [0.29, 0.717) is 5.56 Å². The van der Waals surface area contributed by atoms with Crippen LogP contribution in [0.5, 0.6) is 0 Å². The monoisotopic (exact) mass is 232 g/mol. The topological polar surface area (TPSA) is 0 Å². The molecule has 0 aliphatic heterocycles. The zero-order valence-electron chi connectivity index (χ0n) is 7.32. The summed E-state index contributed by atoms with van der Waals surface area (Å²) >= 11 is 5.47. The summed E-state index contributed by atoms with van der Waals surface area (Å²) in [5.41, 5.74) is -0.114. The van der Waals surface area contributed by atoms with Gasteiger partial charge in [-0.25, -0.2) is 0 Å². The smallest absolute Gasteiger partial charge is 0.445 e. The molecule has 1 aromatic carbocycles. The number of hydrogen-bond acceptors (Lipinski definition) is 0. The van der Waals surface area contributed by atoms with Gasteiger partial charge in [0.05, 0.1) is 0 Å². The summed E-state index contributed by atoms with van der Waals surface area (Å²) in [6.07, 6.45) is 0. The normalized spacial score (nSPS) is 10.8. The van der Waals surface area contributed by atoms with Gasteiger partial charge in [0.15, 0.2) is 0 Å². The van der Waals surface area contributed by atoms with Gasteiger partial charge in [0.2, 0.25) is 0 Å². The SMILES string of the molecule is Cc1cc(Cl)cc([B-](F)(F)F)c1.[K+]. The first-order valence-corrected chi connectivity index (χ1v) is 3.74. The molecule has 0 atom stereocenters. The maximum atomic E-state index is 12.2. The van der Waals surface area contributed by atoms with E-state index in [4.69, 9.17) is 11.6 Å². The van der Waals surface area contributed by atoms with Crippen molar-refractivity contribution in [1.29, 1.82) is 0 Å². The Balaban J connectivity index is 0.00000144. The molecule has 0 aromatic heterocycles. The molecule has 0 radical (unpaired) electrons. The largest absolute Gasteiger partial charge is 1.00 e.